The van der Waals surface area contributed by atoms with E-state index in [9.17, 15) is 0 Å². The molecule has 1 atom stereocenters. The van der Waals surface area contributed by atoms with Gasteiger partial charge in [-0.15, -0.1) is 0 Å². The molecule has 0 saturated heterocycles. The van der Waals surface area contributed by atoms with Gasteiger partial charge in [0.1, 0.15) is 12.4 Å². The number of aliphatic hydroxyl groups excluding tert-OH is 1. The van der Waals surface area contributed by atoms with E-state index in [1.54, 1.807) is 7.11 Å². The van der Waals surface area contributed by atoms with Gasteiger partial charge in [0.2, 0.25) is 0 Å². The van der Waals surface area contributed by atoms with Gasteiger partial charge in [0, 0.05) is 12.7 Å². The maximum atomic E-state index is 9.15. The van der Waals surface area contributed by atoms with Gasteiger partial charge in [-0.25, -0.2) is 0 Å². The van der Waals surface area contributed by atoms with Crippen LogP contribution < -0.4 is 4.74 Å². The summed E-state index contributed by atoms with van der Waals surface area (Å²) in [6.07, 6.45) is 0.0536. The number of hydrogen-bond acceptors (Lipinski definition) is 3. The van der Waals surface area contributed by atoms with Crippen molar-refractivity contribution >= 4 is 0 Å². The van der Waals surface area contributed by atoms with Gasteiger partial charge >= 0.3 is 0 Å². The van der Waals surface area contributed by atoms with Crippen LogP contribution in [0, 0.1) is 6.92 Å². The van der Waals surface area contributed by atoms with Crippen LogP contribution in [0.25, 0.3) is 0 Å². The summed E-state index contributed by atoms with van der Waals surface area (Å²) in [5.41, 5.74) is 1.93. The minimum absolute atomic E-state index is 0.00161. The number of methoxy groups -OCH3 is 1. The molecule has 1 N–H and O–H groups in total. The highest BCUT2D eigenvalue weighted by atomic mass is 16.5. The first-order chi connectivity index (χ1) is 7.17. The molecule has 1 aromatic carbocycles. The Kier molecular flexibility index (Phi) is 4.59. The van der Waals surface area contributed by atoms with E-state index in [-0.39, 0.29) is 12.7 Å². The number of benzene rings is 1. The highest BCUT2D eigenvalue weighted by Gasteiger charge is 2.05. The van der Waals surface area contributed by atoms with E-state index in [0.29, 0.717) is 6.61 Å². The van der Waals surface area contributed by atoms with E-state index in [0.717, 1.165) is 16.9 Å². The summed E-state index contributed by atoms with van der Waals surface area (Å²) < 4.78 is 10.6. The van der Waals surface area contributed by atoms with Crippen LogP contribution in [-0.2, 0) is 11.3 Å². The Morgan fingerprint density at radius 3 is 2.73 bits per heavy atom. The molecule has 0 fully saturated rings. The minimum Gasteiger partial charge on any atom is -0.491 e. The molecule has 0 radical (unpaired) electrons. The normalized spacial score (nSPS) is 12.5. The summed E-state index contributed by atoms with van der Waals surface area (Å²) in [7, 11) is 1.65. The summed E-state index contributed by atoms with van der Waals surface area (Å²) in [5, 5.41) is 9.15. The molecule has 0 aliphatic heterocycles. The van der Waals surface area contributed by atoms with Crippen molar-refractivity contribution in [1.29, 1.82) is 0 Å². The molecule has 3 heteroatoms. The second-order valence-electron chi connectivity index (χ2n) is 3.63. The van der Waals surface area contributed by atoms with Gasteiger partial charge in [0.25, 0.3) is 0 Å². The fourth-order valence-electron chi connectivity index (χ4n) is 1.25. The van der Waals surface area contributed by atoms with Crippen molar-refractivity contribution in [2.24, 2.45) is 0 Å². The van der Waals surface area contributed by atoms with Crippen molar-refractivity contribution in [2.45, 2.75) is 26.6 Å². The summed E-state index contributed by atoms with van der Waals surface area (Å²) in [5.74, 6) is 0.729. The van der Waals surface area contributed by atoms with Crippen LogP contribution in [0.2, 0.25) is 0 Å². The number of ether oxygens (including phenoxy) is 2. The lowest BCUT2D eigenvalue weighted by Gasteiger charge is -2.14. The van der Waals surface area contributed by atoms with Gasteiger partial charge in [0.05, 0.1) is 12.7 Å². The Morgan fingerprint density at radius 1 is 1.40 bits per heavy atom. The van der Waals surface area contributed by atoms with Gasteiger partial charge in [-0.3, -0.25) is 0 Å². The topological polar surface area (TPSA) is 38.7 Å². The zero-order valence-corrected chi connectivity index (χ0v) is 9.49. The third-order valence-corrected chi connectivity index (χ3v) is 2.26. The SMILES string of the molecule is COC(C)COc1ccc(C)cc1CO. The van der Waals surface area contributed by atoms with Crippen LogP contribution in [0.15, 0.2) is 18.2 Å². The van der Waals surface area contributed by atoms with Crippen molar-refractivity contribution in [3.8, 4) is 5.75 Å². The minimum atomic E-state index is -0.00161. The van der Waals surface area contributed by atoms with E-state index in [1.165, 1.54) is 0 Å². The largest absolute Gasteiger partial charge is 0.491 e. The predicted octanol–water partition coefficient (Wildman–Crippen LogP) is 1.90. The molecule has 3 nitrogen and oxygen atoms in total. The molecule has 0 spiro atoms. The molecular weight excluding hydrogens is 192 g/mol. The Balaban J connectivity index is 2.67. The Morgan fingerprint density at radius 2 is 2.13 bits per heavy atom. The number of aryl methyl sites for hydroxylation is 1. The average Bonchev–Trinajstić information content (AvgIpc) is 2.26. The zero-order valence-electron chi connectivity index (χ0n) is 9.49. The first-order valence-corrected chi connectivity index (χ1v) is 5.03. The number of hydrogen-bond donors (Lipinski definition) is 1. The van der Waals surface area contributed by atoms with Crippen LogP contribution in [-0.4, -0.2) is 24.9 Å². The van der Waals surface area contributed by atoms with Crippen LogP contribution in [0.4, 0.5) is 0 Å². The molecular formula is C12H18O3. The van der Waals surface area contributed by atoms with Crippen molar-refractivity contribution in [2.75, 3.05) is 13.7 Å². The predicted molar refractivity (Wildman–Crippen MR) is 59.1 cm³/mol. The highest BCUT2D eigenvalue weighted by Crippen LogP contribution is 2.20. The number of aliphatic hydroxyl groups is 1. The Bertz CT molecular complexity index is 310. The fourth-order valence-corrected chi connectivity index (χ4v) is 1.25. The monoisotopic (exact) mass is 210 g/mol. The van der Waals surface area contributed by atoms with Crippen LogP contribution >= 0.6 is 0 Å². The van der Waals surface area contributed by atoms with Gasteiger partial charge in [-0.1, -0.05) is 17.7 Å². The maximum Gasteiger partial charge on any atom is 0.124 e. The second kappa shape index (κ2) is 5.73. The van der Waals surface area contributed by atoms with E-state index in [1.807, 2.05) is 32.0 Å². The molecule has 0 heterocycles. The molecule has 0 bridgehead atoms. The smallest absolute Gasteiger partial charge is 0.124 e. The quantitative estimate of drug-likeness (QED) is 0.806. The van der Waals surface area contributed by atoms with Crippen molar-refractivity contribution < 1.29 is 14.6 Å². The van der Waals surface area contributed by atoms with E-state index < -0.39 is 0 Å². The van der Waals surface area contributed by atoms with Gasteiger partial charge in [-0.2, -0.15) is 0 Å². The third-order valence-electron chi connectivity index (χ3n) is 2.26. The molecule has 0 saturated carbocycles. The number of rotatable bonds is 5. The van der Waals surface area contributed by atoms with Gasteiger partial charge in [0.15, 0.2) is 0 Å². The van der Waals surface area contributed by atoms with Gasteiger partial charge < -0.3 is 14.6 Å². The first kappa shape index (κ1) is 12.0. The molecule has 15 heavy (non-hydrogen) atoms. The lowest BCUT2D eigenvalue weighted by Crippen LogP contribution is -2.16. The molecule has 0 amide bonds. The molecule has 1 rings (SSSR count). The van der Waals surface area contributed by atoms with Gasteiger partial charge in [-0.05, 0) is 19.9 Å². The van der Waals surface area contributed by atoms with E-state index in [4.69, 9.17) is 14.6 Å². The maximum absolute atomic E-state index is 9.15. The summed E-state index contributed by atoms with van der Waals surface area (Å²) in [4.78, 5) is 0. The Hall–Kier alpha value is -1.06. The average molecular weight is 210 g/mol. The first-order valence-electron chi connectivity index (χ1n) is 5.03. The molecule has 0 aliphatic carbocycles. The van der Waals surface area contributed by atoms with E-state index >= 15 is 0 Å². The lowest BCUT2D eigenvalue weighted by molar-refractivity contribution is 0.0707. The third kappa shape index (κ3) is 3.53. The van der Waals surface area contributed by atoms with Crippen molar-refractivity contribution in [3.63, 3.8) is 0 Å². The Labute approximate surface area is 90.6 Å². The molecule has 1 unspecified atom stereocenters. The highest BCUT2D eigenvalue weighted by molar-refractivity contribution is 5.36. The van der Waals surface area contributed by atoms with Crippen LogP contribution in [0.1, 0.15) is 18.1 Å². The second-order valence-corrected chi connectivity index (χ2v) is 3.63. The molecule has 1 aromatic rings. The zero-order chi connectivity index (χ0) is 11.3. The van der Waals surface area contributed by atoms with E-state index in [2.05, 4.69) is 0 Å². The van der Waals surface area contributed by atoms with Crippen LogP contribution in [0.3, 0.4) is 0 Å². The summed E-state index contributed by atoms with van der Waals surface area (Å²) in [6.45, 7) is 4.42. The van der Waals surface area contributed by atoms with Crippen LogP contribution in [0.5, 0.6) is 5.75 Å². The van der Waals surface area contributed by atoms with Crippen molar-refractivity contribution in [3.05, 3.63) is 29.3 Å². The molecule has 0 aliphatic rings. The summed E-state index contributed by atoms with van der Waals surface area (Å²) >= 11 is 0. The molecule has 0 aromatic heterocycles. The lowest BCUT2D eigenvalue weighted by atomic mass is 10.1. The summed E-state index contributed by atoms with van der Waals surface area (Å²) in [6, 6.07) is 5.77. The molecule has 84 valence electrons. The fraction of sp³-hybridized carbons (Fsp3) is 0.500. The van der Waals surface area contributed by atoms with Crippen molar-refractivity contribution in [1.82, 2.24) is 0 Å². The standard InChI is InChI=1S/C12H18O3/c1-9-4-5-12(11(6-9)7-13)15-8-10(2)14-3/h4-6,10,13H,7-8H2,1-3H3.